The first-order chi connectivity index (χ1) is 6.32. The van der Waals surface area contributed by atoms with Crippen LogP contribution in [0.25, 0.3) is 0 Å². The van der Waals surface area contributed by atoms with Gasteiger partial charge in [-0.05, 0) is 25.7 Å². The van der Waals surface area contributed by atoms with Crippen molar-refractivity contribution < 1.29 is 13.5 Å². The second kappa shape index (κ2) is 3.81. The fourth-order valence-corrected chi connectivity index (χ4v) is 3.92. The van der Waals surface area contributed by atoms with Crippen molar-refractivity contribution in [1.82, 2.24) is 0 Å². The molecule has 0 radical (unpaired) electrons. The molecule has 3 atom stereocenters. The first-order valence-electron chi connectivity index (χ1n) is 5.26. The number of aliphatic hydroxyl groups is 1. The predicted octanol–water partition coefficient (Wildman–Crippen LogP) is 1.36. The molecule has 1 N–H and O–H groups in total. The Kier molecular flexibility index (Phi) is 3.26. The zero-order valence-electron chi connectivity index (χ0n) is 9.16. The van der Waals surface area contributed by atoms with Gasteiger partial charge >= 0.3 is 0 Å². The van der Waals surface area contributed by atoms with Crippen LogP contribution in [0.1, 0.15) is 40.0 Å². The molecule has 0 aromatic heterocycles. The smallest absolute Gasteiger partial charge is 0.155 e. The van der Waals surface area contributed by atoms with Crippen molar-refractivity contribution in [1.29, 1.82) is 0 Å². The van der Waals surface area contributed by atoms with E-state index >= 15 is 0 Å². The Morgan fingerprint density at radius 1 is 1.57 bits per heavy atom. The normalized spacial score (nSPS) is 38.4. The van der Waals surface area contributed by atoms with E-state index in [0.29, 0.717) is 18.8 Å². The van der Waals surface area contributed by atoms with E-state index in [-0.39, 0.29) is 5.75 Å². The van der Waals surface area contributed by atoms with Gasteiger partial charge in [0.05, 0.1) is 16.6 Å². The fourth-order valence-electron chi connectivity index (χ4n) is 2.05. The maximum absolute atomic E-state index is 11.5. The standard InChI is InChI=1S/C10H20O3S/c1-4-8(2)7-10(11)5-6-14(12,13)9(10)3/h8-9,11H,4-7H2,1-3H3. The highest BCUT2D eigenvalue weighted by atomic mass is 32.2. The van der Waals surface area contributed by atoms with E-state index in [0.717, 1.165) is 6.42 Å². The lowest BCUT2D eigenvalue weighted by molar-refractivity contribution is 0.0217. The Morgan fingerprint density at radius 2 is 2.14 bits per heavy atom. The second-order valence-corrected chi connectivity index (χ2v) is 7.02. The predicted molar refractivity (Wildman–Crippen MR) is 56.9 cm³/mol. The van der Waals surface area contributed by atoms with Crippen molar-refractivity contribution in [2.45, 2.75) is 50.9 Å². The van der Waals surface area contributed by atoms with Gasteiger partial charge in [-0.1, -0.05) is 20.3 Å². The van der Waals surface area contributed by atoms with Crippen LogP contribution in [0.2, 0.25) is 0 Å². The van der Waals surface area contributed by atoms with Crippen molar-refractivity contribution in [2.24, 2.45) is 5.92 Å². The van der Waals surface area contributed by atoms with Crippen LogP contribution in [0, 0.1) is 5.92 Å². The largest absolute Gasteiger partial charge is 0.389 e. The monoisotopic (exact) mass is 220 g/mol. The maximum atomic E-state index is 11.5. The summed E-state index contributed by atoms with van der Waals surface area (Å²) in [4.78, 5) is 0. The fraction of sp³-hybridized carbons (Fsp3) is 1.00. The molecule has 1 heterocycles. The summed E-state index contributed by atoms with van der Waals surface area (Å²) in [7, 11) is -3.04. The van der Waals surface area contributed by atoms with E-state index in [9.17, 15) is 13.5 Å². The highest BCUT2D eigenvalue weighted by Crippen LogP contribution is 2.36. The molecule has 3 nitrogen and oxygen atoms in total. The van der Waals surface area contributed by atoms with Gasteiger partial charge in [0, 0.05) is 0 Å². The number of hydrogen-bond acceptors (Lipinski definition) is 3. The third-order valence-corrected chi connectivity index (χ3v) is 5.80. The molecule has 1 aliphatic heterocycles. The van der Waals surface area contributed by atoms with Crippen molar-refractivity contribution in [3.05, 3.63) is 0 Å². The average molecular weight is 220 g/mol. The summed E-state index contributed by atoms with van der Waals surface area (Å²) in [6.45, 7) is 5.74. The molecule has 0 spiro atoms. The minimum absolute atomic E-state index is 0.140. The summed E-state index contributed by atoms with van der Waals surface area (Å²) in [5, 5.41) is 9.62. The quantitative estimate of drug-likeness (QED) is 0.781. The third-order valence-electron chi connectivity index (χ3n) is 3.51. The Balaban J connectivity index is 2.78. The summed E-state index contributed by atoms with van der Waals surface area (Å²) in [6.07, 6.45) is 1.99. The van der Waals surface area contributed by atoms with E-state index in [1.165, 1.54) is 0 Å². The van der Waals surface area contributed by atoms with E-state index in [4.69, 9.17) is 0 Å². The number of sulfone groups is 1. The lowest BCUT2D eigenvalue weighted by Gasteiger charge is -2.28. The molecule has 0 aliphatic carbocycles. The molecule has 0 aromatic carbocycles. The summed E-state index contributed by atoms with van der Waals surface area (Å²) in [5.74, 6) is 0.525. The molecule has 4 heteroatoms. The van der Waals surface area contributed by atoms with Crippen LogP contribution in [-0.2, 0) is 9.84 Å². The summed E-state index contributed by atoms with van der Waals surface area (Å²) in [6, 6.07) is 0. The van der Waals surface area contributed by atoms with Crippen molar-refractivity contribution >= 4 is 9.84 Å². The first kappa shape index (κ1) is 12.0. The minimum atomic E-state index is -3.04. The number of hydrogen-bond donors (Lipinski definition) is 1. The minimum Gasteiger partial charge on any atom is -0.389 e. The van der Waals surface area contributed by atoms with Gasteiger partial charge in [-0.2, -0.15) is 0 Å². The molecule has 84 valence electrons. The molecule has 3 unspecified atom stereocenters. The van der Waals surface area contributed by atoms with Crippen LogP contribution in [0.4, 0.5) is 0 Å². The second-order valence-electron chi connectivity index (χ2n) is 4.58. The Hall–Kier alpha value is -0.0900. The molecule has 0 aromatic rings. The Morgan fingerprint density at radius 3 is 2.50 bits per heavy atom. The zero-order chi connectivity index (χ0) is 11.0. The van der Waals surface area contributed by atoms with Crippen LogP contribution >= 0.6 is 0 Å². The Labute approximate surface area is 86.4 Å². The van der Waals surface area contributed by atoms with Crippen LogP contribution in [0.5, 0.6) is 0 Å². The molecule has 1 rings (SSSR count). The summed E-state index contributed by atoms with van der Waals surface area (Å²) in [5.41, 5.74) is -0.978. The van der Waals surface area contributed by atoms with Gasteiger partial charge in [-0.3, -0.25) is 0 Å². The van der Waals surface area contributed by atoms with Crippen LogP contribution < -0.4 is 0 Å². The third kappa shape index (κ3) is 2.11. The Bertz CT molecular complexity index is 296. The molecule has 1 saturated heterocycles. The molecule has 0 bridgehead atoms. The van der Waals surface area contributed by atoms with Crippen molar-refractivity contribution in [2.75, 3.05) is 5.75 Å². The van der Waals surface area contributed by atoms with E-state index in [2.05, 4.69) is 13.8 Å². The topological polar surface area (TPSA) is 54.4 Å². The van der Waals surface area contributed by atoms with Gasteiger partial charge in [-0.25, -0.2) is 8.42 Å². The van der Waals surface area contributed by atoms with Gasteiger partial charge in [0.15, 0.2) is 9.84 Å². The zero-order valence-corrected chi connectivity index (χ0v) is 9.97. The molecular formula is C10H20O3S. The molecule has 1 fully saturated rings. The summed E-state index contributed by atoms with van der Waals surface area (Å²) < 4.78 is 23.0. The first-order valence-corrected chi connectivity index (χ1v) is 6.97. The van der Waals surface area contributed by atoms with Crippen LogP contribution in [-0.4, -0.2) is 30.1 Å². The lowest BCUT2D eigenvalue weighted by atomic mass is 9.86. The molecule has 1 aliphatic rings. The van der Waals surface area contributed by atoms with Gasteiger partial charge < -0.3 is 5.11 Å². The van der Waals surface area contributed by atoms with Gasteiger partial charge in [0.1, 0.15) is 0 Å². The summed E-state index contributed by atoms with van der Waals surface area (Å²) >= 11 is 0. The van der Waals surface area contributed by atoms with Crippen LogP contribution in [0.3, 0.4) is 0 Å². The number of rotatable bonds is 3. The molecular weight excluding hydrogens is 200 g/mol. The van der Waals surface area contributed by atoms with Gasteiger partial charge in [0.2, 0.25) is 0 Å². The van der Waals surface area contributed by atoms with Crippen molar-refractivity contribution in [3.63, 3.8) is 0 Å². The van der Waals surface area contributed by atoms with E-state index < -0.39 is 20.7 Å². The SMILES string of the molecule is CCC(C)CC1(O)CCS(=O)(=O)C1C. The maximum Gasteiger partial charge on any atom is 0.155 e. The molecule has 0 amide bonds. The highest BCUT2D eigenvalue weighted by molar-refractivity contribution is 7.92. The highest BCUT2D eigenvalue weighted by Gasteiger charge is 2.48. The van der Waals surface area contributed by atoms with Gasteiger partial charge in [0.25, 0.3) is 0 Å². The molecule has 14 heavy (non-hydrogen) atoms. The van der Waals surface area contributed by atoms with E-state index in [1.807, 2.05) is 0 Å². The average Bonchev–Trinajstić information content (AvgIpc) is 2.31. The van der Waals surface area contributed by atoms with Crippen molar-refractivity contribution in [3.8, 4) is 0 Å². The molecule has 0 saturated carbocycles. The van der Waals surface area contributed by atoms with E-state index in [1.54, 1.807) is 6.92 Å². The van der Waals surface area contributed by atoms with Gasteiger partial charge in [-0.15, -0.1) is 0 Å². The van der Waals surface area contributed by atoms with Crippen LogP contribution in [0.15, 0.2) is 0 Å². The lowest BCUT2D eigenvalue weighted by Crippen LogP contribution is -2.39.